The normalized spacial score (nSPS) is 11.2. The molecule has 0 aromatic heterocycles. The summed E-state index contributed by atoms with van der Waals surface area (Å²) in [7, 11) is 1.35. The molecule has 0 bridgehead atoms. The quantitative estimate of drug-likeness (QED) is 0.0560. The van der Waals surface area contributed by atoms with Crippen LogP contribution in [0.2, 0.25) is 0 Å². The average Bonchev–Trinajstić information content (AvgIpc) is 3.11. The van der Waals surface area contributed by atoms with E-state index in [1.807, 2.05) is 0 Å². The number of carbonyl (C=O) groups excluding carboxylic acids is 2. The molecule has 0 radical (unpaired) electrons. The number of aldehydes is 1. The van der Waals surface area contributed by atoms with Gasteiger partial charge in [0.25, 0.3) is 0 Å². The third-order valence-corrected chi connectivity index (χ3v) is 5.91. The van der Waals surface area contributed by atoms with Crippen LogP contribution in [0.3, 0.4) is 0 Å². The highest BCUT2D eigenvalue weighted by atomic mass is 16.6. The van der Waals surface area contributed by atoms with Crippen LogP contribution < -0.4 is 4.74 Å². The lowest BCUT2D eigenvalue weighted by Gasteiger charge is -2.09. The van der Waals surface area contributed by atoms with Crippen molar-refractivity contribution >= 4 is 12.3 Å². The molecule has 0 N–H and O–H groups in total. The summed E-state index contributed by atoms with van der Waals surface area (Å²) in [5.74, 6) is 0.411. The summed E-state index contributed by atoms with van der Waals surface area (Å²) in [5.41, 5.74) is 0.615. The number of benzene rings is 1. The molecule has 15 heteroatoms. The molecule has 0 fully saturated rings. The van der Waals surface area contributed by atoms with E-state index in [2.05, 4.69) is 4.74 Å². The van der Waals surface area contributed by atoms with Crippen LogP contribution in [-0.2, 0) is 61.6 Å². The Morgan fingerprint density at radius 2 is 0.708 bits per heavy atom. The predicted molar refractivity (Wildman–Crippen MR) is 173 cm³/mol. The van der Waals surface area contributed by atoms with Crippen LogP contribution in [0.1, 0.15) is 16.8 Å². The first-order valence-electron chi connectivity index (χ1n) is 16.4. The zero-order chi connectivity index (χ0) is 34.4. The van der Waals surface area contributed by atoms with Crippen molar-refractivity contribution in [1.82, 2.24) is 0 Å². The monoisotopic (exact) mass is 692 g/mol. The van der Waals surface area contributed by atoms with Crippen molar-refractivity contribution in [3.05, 3.63) is 29.8 Å². The number of methoxy groups -OCH3 is 1. The van der Waals surface area contributed by atoms with Crippen LogP contribution in [-0.4, -0.2) is 171 Å². The molecule has 1 rings (SSSR count). The molecule has 0 saturated heterocycles. The van der Waals surface area contributed by atoms with Gasteiger partial charge in [-0.15, -0.1) is 0 Å². The number of carbonyl (C=O) groups is 2. The fourth-order valence-corrected chi connectivity index (χ4v) is 3.42. The van der Waals surface area contributed by atoms with Crippen molar-refractivity contribution in [2.75, 3.05) is 159 Å². The largest absolute Gasteiger partial charge is 0.491 e. The molecule has 278 valence electrons. The van der Waals surface area contributed by atoms with Gasteiger partial charge in [0, 0.05) is 5.56 Å². The first-order valence-corrected chi connectivity index (χ1v) is 16.4. The van der Waals surface area contributed by atoms with Crippen LogP contribution in [0.25, 0.3) is 0 Å². The van der Waals surface area contributed by atoms with Crippen LogP contribution in [0.15, 0.2) is 24.3 Å². The van der Waals surface area contributed by atoms with Crippen LogP contribution in [0, 0.1) is 0 Å². The van der Waals surface area contributed by atoms with Crippen LogP contribution >= 0.6 is 0 Å². The molecular formula is C33H56O15. The molecule has 1 aromatic carbocycles. The highest BCUT2D eigenvalue weighted by molar-refractivity contribution is 5.74. The Balaban J connectivity index is 1.63. The zero-order valence-corrected chi connectivity index (χ0v) is 28.5. The van der Waals surface area contributed by atoms with E-state index in [0.29, 0.717) is 163 Å². The van der Waals surface area contributed by atoms with Gasteiger partial charge in [-0.1, -0.05) is 0 Å². The minimum absolute atomic E-state index is 0.241. The van der Waals surface area contributed by atoms with E-state index in [0.717, 1.165) is 6.29 Å². The maximum Gasteiger partial charge on any atom is 0.307 e. The number of hydrogen-bond donors (Lipinski definition) is 0. The number of esters is 1. The maximum atomic E-state index is 10.9. The lowest BCUT2D eigenvalue weighted by Crippen LogP contribution is -2.15. The van der Waals surface area contributed by atoms with Crippen molar-refractivity contribution in [1.29, 1.82) is 0 Å². The summed E-state index contributed by atoms with van der Waals surface area (Å²) in [6, 6.07) is 6.92. The molecule has 0 aliphatic rings. The summed E-state index contributed by atoms with van der Waals surface area (Å²) in [6.07, 6.45) is 1.04. The van der Waals surface area contributed by atoms with Crippen molar-refractivity contribution in [3.8, 4) is 5.75 Å². The van der Waals surface area contributed by atoms with Crippen LogP contribution in [0.5, 0.6) is 5.75 Å². The Hall–Kier alpha value is -2.28. The first kappa shape index (κ1) is 43.7. The van der Waals surface area contributed by atoms with Gasteiger partial charge < -0.3 is 61.6 Å². The molecule has 15 nitrogen and oxygen atoms in total. The Labute approximate surface area is 284 Å². The first-order chi connectivity index (χ1) is 23.8. The fraction of sp³-hybridized carbons (Fsp3) is 0.758. The van der Waals surface area contributed by atoms with E-state index >= 15 is 0 Å². The third-order valence-electron chi connectivity index (χ3n) is 5.91. The van der Waals surface area contributed by atoms with Gasteiger partial charge in [-0.25, -0.2) is 0 Å². The van der Waals surface area contributed by atoms with Gasteiger partial charge in [-0.05, 0) is 24.3 Å². The summed E-state index contributed by atoms with van der Waals surface area (Å²) in [6.45, 7) is 10.8. The second kappa shape index (κ2) is 36.0. The minimum atomic E-state index is -0.289. The highest BCUT2D eigenvalue weighted by Gasteiger charge is 2.00. The van der Waals surface area contributed by atoms with Crippen molar-refractivity contribution in [2.45, 2.75) is 6.42 Å². The van der Waals surface area contributed by atoms with Crippen molar-refractivity contribution < 1.29 is 71.2 Å². The molecule has 0 spiro atoms. The number of hydrogen-bond acceptors (Lipinski definition) is 15. The molecule has 0 unspecified atom stereocenters. The molecule has 0 amide bonds. The molecular weight excluding hydrogens is 636 g/mol. The number of rotatable bonds is 38. The summed E-state index contributed by atoms with van der Waals surface area (Å²) < 4.78 is 69.8. The van der Waals surface area contributed by atoms with Crippen molar-refractivity contribution in [2.24, 2.45) is 0 Å². The van der Waals surface area contributed by atoms with E-state index in [-0.39, 0.29) is 12.4 Å². The molecule has 0 atom stereocenters. The van der Waals surface area contributed by atoms with Crippen LogP contribution in [0.4, 0.5) is 0 Å². The summed E-state index contributed by atoms with van der Waals surface area (Å²) in [5, 5.41) is 0. The van der Waals surface area contributed by atoms with Gasteiger partial charge in [-0.2, -0.15) is 0 Å². The minimum Gasteiger partial charge on any atom is -0.491 e. The van der Waals surface area contributed by atoms with Gasteiger partial charge in [0.1, 0.15) is 18.6 Å². The Morgan fingerprint density at radius 3 is 0.979 bits per heavy atom. The number of ether oxygens (including phenoxy) is 13. The van der Waals surface area contributed by atoms with Gasteiger partial charge in [0.05, 0.1) is 159 Å². The lowest BCUT2D eigenvalue weighted by molar-refractivity contribution is -0.141. The Kier molecular flexibility index (Phi) is 32.8. The molecule has 1 aromatic rings. The van der Waals surface area contributed by atoms with E-state index < -0.39 is 0 Å². The third kappa shape index (κ3) is 31.0. The Bertz CT molecular complexity index is 828. The Morgan fingerprint density at radius 1 is 0.438 bits per heavy atom. The lowest BCUT2D eigenvalue weighted by atomic mass is 10.2. The zero-order valence-electron chi connectivity index (χ0n) is 28.5. The van der Waals surface area contributed by atoms with Gasteiger partial charge >= 0.3 is 5.97 Å². The van der Waals surface area contributed by atoms with Gasteiger partial charge in [-0.3, -0.25) is 9.59 Å². The SMILES string of the molecule is COC(=O)CCOCCOCCOCCOCCOCCOCCOCCOCCOCCOCCOCCOc1ccc(C=O)cc1. The predicted octanol–water partition coefficient (Wildman–Crippen LogP) is 1.62. The van der Waals surface area contributed by atoms with Gasteiger partial charge in [0.2, 0.25) is 0 Å². The fourth-order valence-electron chi connectivity index (χ4n) is 3.42. The molecule has 0 aliphatic heterocycles. The average molecular weight is 693 g/mol. The maximum absolute atomic E-state index is 10.9. The second-order valence-electron chi connectivity index (χ2n) is 9.60. The molecule has 0 heterocycles. The van der Waals surface area contributed by atoms with E-state index in [4.69, 9.17) is 56.8 Å². The molecule has 0 saturated carbocycles. The summed E-state index contributed by atoms with van der Waals surface area (Å²) in [4.78, 5) is 21.6. The standard InChI is InChI=1S/C33H56O15/c1-36-33(35)6-7-37-8-9-38-10-11-39-12-13-40-14-15-41-16-17-42-18-19-43-20-21-44-22-23-45-24-25-46-26-27-47-28-29-48-32-4-2-31(30-34)3-5-32/h2-5,30H,6-29H2,1H3. The van der Waals surface area contributed by atoms with E-state index in [1.165, 1.54) is 7.11 Å². The van der Waals surface area contributed by atoms with E-state index in [1.54, 1.807) is 24.3 Å². The molecule has 0 aliphatic carbocycles. The second-order valence-corrected chi connectivity index (χ2v) is 9.60. The smallest absolute Gasteiger partial charge is 0.307 e. The summed E-state index contributed by atoms with van der Waals surface area (Å²) >= 11 is 0. The van der Waals surface area contributed by atoms with Gasteiger partial charge in [0.15, 0.2) is 0 Å². The topological polar surface area (TPSA) is 154 Å². The van der Waals surface area contributed by atoms with E-state index in [9.17, 15) is 9.59 Å². The highest BCUT2D eigenvalue weighted by Crippen LogP contribution is 2.10. The van der Waals surface area contributed by atoms with Crippen molar-refractivity contribution in [3.63, 3.8) is 0 Å². The molecule has 48 heavy (non-hydrogen) atoms.